The van der Waals surface area contributed by atoms with Gasteiger partial charge >= 0.3 is 0 Å². The molecule has 0 amide bonds. The van der Waals surface area contributed by atoms with Crippen molar-refractivity contribution >= 4 is 27.9 Å². The standard InChI is InChI=1S/C26H31N3O6S/c1-26(2,3)22-15-18(8-5-17-6-9-19(10-7-17)29-36(4,33)34)24(31)23(28-22)21-12-11-20(27-25(21)32)16-35-14-13-30/h5-12,15,29-31H,13-14,16H2,1-4H3,(H,27,32). The van der Waals surface area contributed by atoms with Crippen LogP contribution in [0, 0.1) is 0 Å². The Labute approximate surface area is 210 Å². The molecule has 0 fully saturated rings. The number of benzene rings is 1. The van der Waals surface area contributed by atoms with Crippen LogP contribution in [-0.4, -0.2) is 48.1 Å². The number of sulfonamides is 1. The van der Waals surface area contributed by atoms with E-state index >= 15 is 0 Å². The maximum Gasteiger partial charge on any atom is 0.257 e. The second kappa shape index (κ2) is 11.1. The number of hydrogen-bond acceptors (Lipinski definition) is 7. The molecule has 2 heterocycles. The van der Waals surface area contributed by atoms with Crippen LogP contribution < -0.4 is 10.3 Å². The number of aromatic hydroxyl groups is 1. The minimum Gasteiger partial charge on any atom is -0.505 e. The Kier molecular flexibility index (Phi) is 8.34. The lowest BCUT2D eigenvalue weighted by atomic mass is 9.89. The maximum atomic E-state index is 12.8. The third-order valence-electron chi connectivity index (χ3n) is 5.18. The highest BCUT2D eigenvalue weighted by atomic mass is 32.2. The Bertz CT molecular complexity index is 1410. The van der Waals surface area contributed by atoms with Crippen molar-refractivity contribution in [2.24, 2.45) is 0 Å². The third kappa shape index (κ3) is 7.27. The number of H-pyrrole nitrogens is 1. The Hall–Kier alpha value is -3.47. The Morgan fingerprint density at radius 3 is 2.39 bits per heavy atom. The van der Waals surface area contributed by atoms with E-state index in [0.717, 1.165) is 11.8 Å². The smallest absolute Gasteiger partial charge is 0.257 e. The van der Waals surface area contributed by atoms with Gasteiger partial charge in [-0.1, -0.05) is 45.1 Å². The van der Waals surface area contributed by atoms with Gasteiger partial charge in [-0.2, -0.15) is 0 Å². The molecular formula is C26H31N3O6S. The quantitative estimate of drug-likeness (QED) is 0.321. The molecule has 3 aromatic rings. The number of hydrogen-bond donors (Lipinski definition) is 4. The first-order valence-corrected chi connectivity index (χ1v) is 13.2. The molecule has 0 spiro atoms. The van der Waals surface area contributed by atoms with Gasteiger partial charge in [-0.15, -0.1) is 0 Å². The molecule has 0 saturated heterocycles. The van der Waals surface area contributed by atoms with E-state index in [0.29, 0.717) is 22.6 Å². The highest BCUT2D eigenvalue weighted by Gasteiger charge is 2.22. The van der Waals surface area contributed by atoms with Crippen molar-refractivity contribution in [1.29, 1.82) is 0 Å². The summed E-state index contributed by atoms with van der Waals surface area (Å²) in [4.78, 5) is 20.2. The van der Waals surface area contributed by atoms with Gasteiger partial charge in [-0.3, -0.25) is 9.52 Å². The van der Waals surface area contributed by atoms with Crippen LogP contribution in [0.3, 0.4) is 0 Å². The third-order valence-corrected chi connectivity index (χ3v) is 5.78. The predicted molar refractivity (Wildman–Crippen MR) is 141 cm³/mol. The summed E-state index contributed by atoms with van der Waals surface area (Å²) >= 11 is 0. The second-order valence-electron chi connectivity index (χ2n) is 9.38. The van der Waals surface area contributed by atoms with Crippen molar-refractivity contribution in [2.75, 3.05) is 24.2 Å². The van der Waals surface area contributed by atoms with E-state index in [1.54, 1.807) is 54.6 Å². The van der Waals surface area contributed by atoms with Gasteiger partial charge in [0.05, 0.1) is 31.6 Å². The van der Waals surface area contributed by atoms with Crippen molar-refractivity contribution in [3.63, 3.8) is 0 Å². The van der Waals surface area contributed by atoms with E-state index in [2.05, 4.69) is 14.7 Å². The second-order valence-corrected chi connectivity index (χ2v) is 11.1. The minimum absolute atomic E-state index is 0.113. The summed E-state index contributed by atoms with van der Waals surface area (Å²) in [5.41, 5.74) is 2.56. The number of nitrogens with one attached hydrogen (secondary N) is 2. The van der Waals surface area contributed by atoms with E-state index < -0.39 is 15.6 Å². The van der Waals surface area contributed by atoms with E-state index in [4.69, 9.17) is 9.84 Å². The van der Waals surface area contributed by atoms with Crippen LogP contribution >= 0.6 is 0 Å². The first-order chi connectivity index (χ1) is 16.9. The zero-order valence-electron chi connectivity index (χ0n) is 20.7. The molecule has 0 saturated carbocycles. The van der Waals surface area contributed by atoms with Crippen LogP contribution in [0.4, 0.5) is 5.69 Å². The summed E-state index contributed by atoms with van der Waals surface area (Å²) in [6.07, 6.45) is 4.59. The molecule has 0 aliphatic rings. The highest BCUT2D eigenvalue weighted by Crippen LogP contribution is 2.34. The summed E-state index contributed by atoms with van der Waals surface area (Å²) < 4.78 is 30.5. The molecule has 192 valence electrons. The van der Waals surface area contributed by atoms with E-state index in [-0.39, 0.29) is 42.2 Å². The van der Waals surface area contributed by atoms with Crippen LogP contribution in [0.25, 0.3) is 23.4 Å². The summed E-state index contributed by atoms with van der Waals surface area (Å²) in [7, 11) is -3.37. The molecule has 2 aromatic heterocycles. The summed E-state index contributed by atoms with van der Waals surface area (Å²) in [5.74, 6) is -0.135. The summed E-state index contributed by atoms with van der Waals surface area (Å²) in [5, 5.41) is 19.9. The molecule has 0 bridgehead atoms. The lowest BCUT2D eigenvalue weighted by molar-refractivity contribution is 0.0796. The molecule has 4 N–H and O–H groups in total. The Morgan fingerprint density at radius 2 is 1.81 bits per heavy atom. The molecule has 3 rings (SSSR count). The molecule has 10 heteroatoms. The first-order valence-electron chi connectivity index (χ1n) is 11.3. The zero-order chi connectivity index (χ0) is 26.5. The lowest BCUT2D eigenvalue weighted by Gasteiger charge is -2.20. The van der Waals surface area contributed by atoms with Crippen LogP contribution in [0.1, 0.15) is 43.3 Å². The lowest BCUT2D eigenvalue weighted by Crippen LogP contribution is -2.17. The number of nitrogens with zero attached hydrogens (tertiary/aromatic N) is 1. The number of rotatable bonds is 9. The first kappa shape index (κ1) is 27.1. The number of pyridine rings is 2. The largest absolute Gasteiger partial charge is 0.505 e. The van der Waals surface area contributed by atoms with Gasteiger partial charge in [0, 0.05) is 28.1 Å². The van der Waals surface area contributed by atoms with Crippen molar-refractivity contribution in [3.05, 3.63) is 75.3 Å². The molecule has 0 radical (unpaired) electrons. The average molecular weight is 514 g/mol. The van der Waals surface area contributed by atoms with Gasteiger partial charge < -0.3 is 19.9 Å². The number of aromatic amines is 1. The number of anilines is 1. The fourth-order valence-corrected chi connectivity index (χ4v) is 3.92. The minimum atomic E-state index is -3.37. The molecule has 9 nitrogen and oxygen atoms in total. The van der Waals surface area contributed by atoms with Crippen molar-refractivity contribution in [1.82, 2.24) is 9.97 Å². The average Bonchev–Trinajstić information content (AvgIpc) is 2.78. The molecule has 0 aliphatic carbocycles. The monoisotopic (exact) mass is 513 g/mol. The van der Waals surface area contributed by atoms with E-state index in [1.165, 1.54) is 0 Å². The normalized spacial score (nSPS) is 12.2. The highest BCUT2D eigenvalue weighted by molar-refractivity contribution is 7.92. The maximum absolute atomic E-state index is 12.8. The van der Waals surface area contributed by atoms with Gasteiger partial charge in [-0.05, 0) is 35.9 Å². The van der Waals surface area contributed by atoms with Crippen LogP contribution in [0.2, 0.25) is 0 Å². The van der Waals surface area contributed by atoms with E-state index in [1.807, 2.05) is 20.8 Å². The molecule has 0 atom stereocenters. The zero-order valence-corrected chi connectivity index (χ0v) is 21.5. The molecule has 0 aliphatic heterocycles. The number of ether oxygens (including phenoxy) is 1. The molecule has 0 unspecified atom stereocenters. The van der Waals surface area contributed by atoms with Crippen LogP contribution in [0.5, 0.6) is 5.75 Å². The van der Waals surface area contributed by atoms with Crippen molar-refractivity contribution in [3.8, 4) is 17.0 Å². The van der Waals surface area contributed by atoms with Crippen LogP contribution in [-0.2, 0) is 26.8 Å². The Morgan fingerprint density at radius 1 is 1.11 bits per heavy atom. The van der Waals surface area contributed by atoms with Gasteiger partial charge in [-0.25, -0.2) is 13.4 Å². The topological polar surface area (TPSA) is 142 Å². The Balaban J connectivity index is 1.99. The van der Waals surface area contributed by atoms with Crippen molar-refractivity contribution in [2.45, 2.75) is 32.8 Å². The van der Waals surface area contributed by atoms with Gasteiger partial charge in [0.1, 0.15) is 11.4 Å². The SMILES string of the molecule is CC(C)(C)c1cc(C=Cc2ccc(NS(C)(=O)=O)cc2)c(O)c(-c2ccc(COCCO)[nH]c2=O)n1. The van der Waals surface area contributed by atoms with Crippen molar-refractivity contribution < 1.29 is 23.4 Å². The fraction of sp³-hybridized carbons (Fsp3) is 0.308. The number of aliphatic hydroxyl groups is 1. The predicted octanol–water partition coefficient (Wildman–Crippen LogP) is 3.49. The van der Waals surface area contributed by atoms with Gasteiger partial charge in [0.15, 0.2) is 0 Å². The molecular weight excluding hydrogens is 482 g/mol. The van der Waals surface area contributed by atoms with Gasteiger partial charge in [0.25, 0.3) is 5.56 Å². The van der Waals surface area contributed by atoms with Gasteiger partial charge in [0.2, 0.25) is 10.0 Å². The summed E-state index contributed by atoms with van der Waals surface area (Å²) in [6, 6.07) is 11.8. The molecule has 36 heavy (non-hydrogen) atoms. The fourth-order valence-electron chi connectivity index (χ4n) is 3.35. The van der Waals surface area contributed by atoms with E-state index in [9.17, 15) is 18.3 Å². The summed E-state index contributed by atoms with van der Waals surface area (Å²) in [6.45, 7) is 6.16. The van der Waals surface area contributed by atoms with Crippen LogP contribution in [0.15, 0.2) is 47.3 Å². The molecule has 1 aromatic carbocycles. The number of aromatic nitrogens is 2. The number of aliphatic hydroxyl groups excluding tert-OH is 1.